The number of hydrogen-bond donors (Lipinski definition) is 1. The highest BCUT2D eigenvalue weighted by Gasteiger charge is 2.35. The van der Waals surface area contributed by atoms with Crippen LogP contribution < -0.4 is 0 Å². The van der Waals surface area contributed by atoms with E-state index < -0.39 is 23.3 Å². The molecule has 0 saturated heterocycles. The van der Waals surface area contributed by atoms with Gasteiger partial charge in [-0.05, 0) is 35.4 Å². The summed E-state index contributed by atoms with van der Waals surface area (Å²) in [5.74, 6) is -1.61. The largest absolute Gasteiger partial charge is 0.478 e. The first-order valence-corrected chi connectivity index (χ1v) is 5.87. The number of hydrogen-bond acceptors (Lipinski definition) is 1. The molecule has 2 aromatic carbocycles. The molecule has 2 nitrogen and oxygen atoms in total. The molecule has 0 aliphatic heterocycles. The zero-order valence-electron chi connectivity index (χ0n) is 9.91. The maximum absolute atomic E-state index is 12.9. The highest BCUT2D eigenvalue weighted by atomic mass is 35.5. The third-order valence-electron chi connectivity index (χ3n) is 2.73. The fraction of sp³-hybridized carbons (Fsp3) is 0.0714. The molecule has 0 saturated carbocycles. The number of halogens is 4. The predicted octanol–water partition coefficient (Wildman–Crippen LogP) is 4.72. The van der Waals surface area contributed by atoms with Gasteiger partial charge in [-0.2, -0.15) is 13.2 Å². The fourth-order valence-corrected chi connectivity index (χ4v) is 1.91. The zero-order chi connectivity index (χ0) is 14.9. The van der Waals surface area contributed by atoms with E-state index in [1.54, 1.807) is 24.3 Å². The Morgan fingerprint density at radius 2 is 1.55 bits per heavy atom. The summed E-state index contributed by atoms with van der Waals surface area (Å²) in [6.07, 6.45) is -4.73. The van der Waals surface area contributed by atoms with E-state index in [1.165, 1.54) is 6.07 Å². The Hall–Kier alpha value is -2.01. The fourth-order valence-electron chi connectivity index (χ4n) is 1.79. The summed E-state index contributed by atoms with van der Waals surface area (Å²) in [7, 11) is 0. The number of aromatic carboxylic acids is 1. The van der Waals surface area contributed by atoms with Gasteiger partial charge in [-0.15, -0.1) is 0 Å². The van der Waals surface area contributed by atoms with Crippen LogP contribution in [-0.2, 0) is 6.18 Å². The van der Waals surface area contributed by atoms with Gasteiger partial charge in [-0.25, -0.2) is 4.79 Å². The van der Waals surface area contributed by atoms with E-state index in [1.807, 2.05) is 0 Å². The zero-order valence-corrected chi connectivity index (χ0v) is 10.7. The lowest BCUT2D eigenvalue weighted by atomic mass is 9.99. The van der Waals surface area contributed by atoms with Crippen LogP contribution in [0.2, 0.25) is 5.02 Å². The average Bonchev–Trinajstić information content (AvgIpc) is 2.38. The van der Waals surface area contributed by atoms with Crippen LogP contribution in [-0.4, -0.2) is 11.1 Å². The van der Waals surface area contributed by atoms with Crippen molar-refractivity contribution in [1.82, 2.24) is 0 Å². The maximum Gasteiger partial charge on any atom is 0.417 e. The van der Waals surface area contributed by atoms with Crippen molar-refractivity contribution in [2.24, 2.45) is 0 Å². The Bertz CT molecular complexity index is 648. The minimum absolute atomic E-state index is 0.277. The third-order valence-corrected chi connectivity index (χ3v) is 2.98. The van der Waals surface area contributed by atoms with Crippen LogP contribution in [0.25, 0.3) is 11.1 Å². The van der Waals surface area contributed by atoms with E-state index in [-0.39, 0.29) is 5.56 Å². The molecule has 20 heavy (non-hydrogen) atoms. The first kappa shape index (κ1) is 14.4. The molecular formula is C14H8ClF3O2. The van der Waals surface area contributed by atoms with Crippen molar-refractivity contribution < 1.29 is 23.1 Å². The van der Waals surface area contributed by atoms with Crippen molar-refractivity contribution in [2.75, 3.05) is 0 Å². The van der Waals surface area contributed by atoms with E-state index in [4.69, 9.17) is 16.7 Å². The Morgan fingerprint density at radius 3 is 2.05 bits per heavy atom. The minimum atomic E-state index is -4.73. The van der Waals surface area contributed by atoms with Crippen molar-refractivity contribution in [3.05, 3.63) is 58.6 Å². The monoisotopic (exact) mass is 300 g/mol. The molecular weight excluding hydrogens is 293 g/mol. The summed E-state index contributed by atoms with van der Waals surface area (Å²) < 4.78 is 38.7. The van der Waals surface area contributed by atoms with Crippen LogP contribution >= 0.6 is 11.6 Å². The van der Waals surface area contributed by atoms with Crippen LogP contribution in [0, 0.1) is 0 Å². The van der Waals surface area contributed by atoms with Crippen LogP contribution in [0.3, 0.4) is 0 Å². The van der Waals surface area contributed by atoms with Gasteiger partial charge in [0.1, 0.15) is 0 Å². The normalized spacial score (nSPS) is 11.4. The van der Waals surface area contributed by atoms with E-state index in [2.05, 4.69) is 0 Å². The molecule has 0 atom stereocenters. The second-order valence-corrected chi connectivity index (χ2v) is 4.51. The van der Waals surface area contributed by atoms with E-state index >= 15 is 0 Å². The Morgan fingerprint density at radius 1 is 1.00 bits per heavy atom. The molecule has 0 aromatic heterocycles. The first-order valence-electron chi connectivity index (χ1n) is 5.49. The van der Waals surface area contributed by atoms with Crippen molar-refractivity contribution in [1.29, 1.82) is 0 Å². The summed E-state index contributed by atoms with van der Waals surface area (Å²) in [4.78, 5) is 10.8. The standard InChI is InChI=1S/C14H8ClF3O2/c15-10-4-1-8(2-5-10)9-3-6-11(13(19)20)12(7-9)14(16,17)18/h1-7H,(H,19,20). The molecule has 0 amide bonds. The van der Waals surface area contributed by atoms with E-state index in [0.29, 0.717) is 10.6 Å². The molecule has 0 aliphatic carbocycles. The van der Waals surface area contributed by atoms with Gasteiger partial charge in [0.05, 0.1) is 11.1 Å². The van der Waals surface area contributed by atoms with Gasteiger partial charge in [0.25, 0.3) is 0 Å². The molecule has 2 aromatic rings. The molecule has 1 N–H and O–H groups in total. The Labute approximate surface area is 117 Å². The number of carbonyl (C=O) groups is 1. The summed E-state index contributed by atoms with van der Waals surface area (Å²) in [5.41, 5.74) is -1.14. The number of carboxylic acids is 1. The summed E-state index contributed by atoms with van der Waals surface area (Å²) in [6.45, 7) is 0. The van der Waals surface area contributed by atoms with Gasteiger partial charge < -0.3 is 5.11 Å². The number of rotatable bonds is 2. The quantitative estimate of drug-likeness (QED) is 0.871. The maximum atomic E-state index is 12.9. The Kier molecular flexibility index (Phi) is 3.72. The van der Waals surface area contributed by atoms with E-state index in [9.17, 15) is 18.0 Å². The van der Waals surface area contributed by atoms with Gasteiger partial charge in [-0.3, -0.25) is 0 Å². The second-order valence-electron chi connectivity index (χ2n) is 4.07. The van der Waals surface area contributed by atoms with Crippen molar-refractivity contribution in [3.8, 4) is 11.1 Å². The van der Waals surface area contributed by atoms with Crippen LogP contribution in [0.1, 0.15) is 15.9 Å². The SMILES string of the molecule is O=C(O)c1ccc(-c2ccc(Cl)cc2)cc1C(F)(F)F. The summed E-state index contributed by atoms with van der Waals surface area (Å²) in [6, 6.07) is 9.35. The number of benzene rings is 2. The molecule has 0 unspecified atom stereocenters. The summed E-state index contributed by atoms with van der Waals surface area (Å²) in [5, 5.41) is 9.27. The smallest absolute Gasteiger partial charge is 0.417 e. The van der Waals surface area contributed by atoms with Crippen LogP contribution in [0.4, 0.5) is 13.2 Å². The molecule has 0 spiro atoms. The van der Waals surface area contributed by atoms with Gasteiger partial charge >= 0.3 is 12.1 Å². The molecule has 0 bridgehead atoms. The molecule has 0 fully saturated rings. The lowest BCUT2D eigenvalue weighted by molar-refractivity contribution is -0.138. The highest BCUT2D eigenvalue weighted by Crippen LogP contribution is 2.35. The molecule has 0 aliphatic rings. The van der Waals surface area contributed by atoms with Gasteiger partial charge in [0, 0.05) is 5.02 Å². The van der Waals surface area contributed by atoms with Gasteiger partial charge in [-0.1, -0.05) is 29.8 Å². The van der Waals surface area contributed by atoms with Crippen molar-refractivity contribution in [3.63, 3.8) is 0 Å². The summed E-state index contributed by atoms with van der Waals surface area (Å²) >= 11 is 5.71. The average molecular weight is 301 g/mol. The van der Waals surface area contributed by atoms with Gasteiger partial charge in [0.2, 0.25) is 0 Å². The second kappa shape index (κ2) is 5.17. The molecule has 104 valence electrons. The first-order chi connectivity index (χ1) is 9.29. The molecule has 2 rings (SSSR count). The lowest BCUT2D eigenvalue weighted by Crippen LogP contribution is -2.12. The third kappa shape index (κ3) is 2.93. The lowest BCUT2D eigenvalue weighted by Gasteiger charge is -2.12. The van der Waals surface area contributed by atoms with Crippen LogP contribution in [0.5, 0.6) is 0 Å². The number of alkyl halides is 3. The Balaban J connectivity index is 2.58. The predicted molar refractivity (Wildman–Crippen MR) is 68.8 cm³/mol. The van der Waals surface area contributed by atoms with Gasteiger partial charge in [0.15, 0.2) is 0 Å². The number of carboxylic acid groups (broad SMARTS) is 1. The molecule has 0 heterocycles. The highest BCUT2D eigenvalue weighted by molar-refractivity contribution is 6.30. The van der Waals surface area contributed by atoms with Crippen molar-refractivity contribution >= 4 is 17.6 Å². The minimum Gasteiger partial charge on any atom is -0.478 e. The van der Waals surface area contributed by atoms with E-state index in [0.717, 1.165) is 12.1 Å². The molecule has 0 radical (unpaired) electrons. The van der Waals surface area contributed by atoms with Crippen molar-refractivity contribution in [2.45, 2.75) is 6.18 Å². The molecule has 6 heteroatoms. The van der Waals surface area contributed by atoms with Crippen LogP contribution in [0.15, 0.2) is 42.5 Å². The topological polar surface area (TPSA) is 37.3 Å².